The molecule has 2 aromatic rings. The Hall–Kier alpha value is -2.15. The lowest BCUT2D eigenvalue weighted by molar-refractivity contribution is -0.125. The predicted octanol–water partition coefficient (Wildman–Crippen LogP) is 5.22. The van der Waals surface area contributed by atoms with E-state index in [0.717, 1.165) is 11.3 Å². The molecule has 0 N–H and O–H groups in total. The van der Waals surface area contributed by atoms with Crippen LogP contribution in [0.4, 0.5) is 5.69 Å². The number of halogens is 2. The van der Waals surface area contributed by atoms with Crippen molar-refractivity contribution in [1.82, 2.24) is 4.90 Å². The van der Waals surface area contributed by atoms with Gasteiger partial charge in [-0.15, -0.1) is 0 Å². The molecular formula is C21H17Cl2N3O2S. The molecular weight excluding hydrogens is 429 g/mol. The van der Waals surface area contributed by atoms with Crippen molar-refractivity contribution in [3.63, 3.8) is 0 Å². The van der Waals surface area contributed by atoms with Gasteiger partial charge in [0.05, 0.1) is 21.5 Å². The Morgan fingerprint density at radius 3 is 2.66 bits per heavy atom. The lowest BCUT2D eigenvalue weighted by Crippen LogP contribution is -2.42. The van der Waals surface area contributed by atoms with E-state index in [4.69, 9.17) is 23.2 Å². The van der Waals surface area contributed by atoms with Crippen LogP contribution in [0.15, 0.2) is 52.4 Å². The number of hydrogen-bond donors (Lipinski definition) is 0. The third-order valence-electron chi connectivity index (χ3n) is 4.70. The molecule has 1 amide bonds. The van der Waals surface area contributed by atoms with Crippen LogP contribution in [0.3, 0.4) is 0 Å². The standard InChI is InChI=1S/C21H17Cl2N3O2S/c1-11(2)18-20(28)26-19(25-18)13-5-3-4-6-16(13)24-21(26)29-10-17(27)12-7-8-14(22)15(23)9-12/h3-9,11,18H,10H2,1-2H3. The van der Waals surface area contributed by atoms with Crippen molar-refractivity contribution >= 4 is 63.3 Å². The van der Waals surface area contributed by atoms with Gasteiger partial charge >= 0.3 is 0 Å². The molecule has 1 atom stereocenters. The van der Waals surface area contributed by atoms with E-state index in [1.807, 2.05) is 38.1 Å². The van der Waals surface area contributed by atoms with Crippen LogP contribution in [0, 0.1) is 5.92 Å². The highest BCUT2D eigenvalue weighted by molar-refractivity contribution is 8.14. The molecule has 2 aliphatic heterocycles. The average Bonchev–Trinajstić information content (AvgIpc) is 3.06. The minimum atomic E-state index is -0.451. The summed E-state index contributed by atoms with van der Waals surface area (Å²) >= 11 is 13.2. The quantitative estimate of drug-likeness (QED) is 0.605. The summed E-state index contributed by atoms with van der Waals surface area (Å²) in [6, 6.07) is 11.9. The van der Waals surface area contributed by atoms with Crippen molar-refractivity contribution in [2.75, 3.05) is 5.75 Å². The molecule has 0 aromatic heterocycles. The minimum absolute atomic E-state index is 0.0665. The van der Waals surface area contributed by atoms with E-state index >= 15 is 0 Å². The molecule has 0 spiro atoms. The molecule has 0 saturated carbocycles. The predicted molar refractivity (Wildman–Crippen MR) is 119 cm³/mol. The summed E-state index contributed by atoms with van der Waals surface area (Å²) in [6.45, 7) is 3.93. The van der Waals surface area contributed by atoms with Crippen molar-refractivity contribution in [1.29, 1.82) is 0 Å². The van der Waals surface area contributed by atoms with Gasteiger partial charge in [-0.3, -0.25) is 14.6 Å². The van der Waals surface area contributed by atoms with Gasteiger partial charge in [-0.2, -0.15) is 0 Å². The molecule has 0 saturated heterocycles. The van der Waals surface area contributed by atoms with Gasteiger partial charge in [0.1, 0.15) is 11.9 Å². The van der Waals surface area contributed by atoms with Gasteiger partial charge in [0.15, 0.2) is 11.0 Å². The molecule has 148 valence electrons. The molecule has 5 nitrogen and oxygen atoms in total. The lowest BCUT2D eigenvalue weighted by Gasteiger charge is -2.25. The molecule has 2 aromatic carbocycles. The zero-order valence-electron chi connectivity index (χ0n) is 15.7. The molecule has 4 rings (SSSR count). The molecule has 0 aliphatic carbocycles. The monoisotopic (exact) mass is 445 g/mol. The number of Topliss-reactive ketones (excluding diaryl/α,β-unsaturated/α-hetero) is 1. The van der Waals surface area contributed by atoms with Gasteiger partial charge in [-0.25, -0.2) is 9.89 Å². The van der Waals surface area contributed by atoms with Crippen LogP contribution >= 0.6 is 35.0 Å². The maximum Gasteiger partial charge on any atom is 0.259 e. The molecule has 1 unspecified atom stereocenters. The Bertz CT molecular complexity index is 1080. The molecule has 0 bridgehead atoms. The Kier molecular flexibility index (Phi) is 5.51. The first-order valence-corrected chi connectivity index (χ1v) is 10.8. The number of nitrogens with zero attached hydrogens (tertiary/aromatic N) is 3. The number of amides is 1. The highest BCUT2D eigenvalue weighted by Crippen LogP contribution is 2.35. The topological polar surface area (TPSA) is 62.1 Å². The first-order chi connectivity index (χ1) is 13.9. The average molecular weight is 446 g/mol. The summed E-state index contributed by atoms with van der Waals surface area (Å²) in [5.74, 6) is 0.543. The van der Waals surface area contributed by atoms with Crippen molar-refractivity contribution in [3.8, 4) is 0 Å². The summed E-state index contributed by atoms with van der Waals surface area (Å²) in [5, 5.41) is 1.19. The summed E-state index contributed by atoms with van der Waals surface area (Å²) in [5.41, 5.74) is 2.03. The Balaban J connectivity index is 1.62. The van der Waals surface area contributed by atoms with E-state index < -0.39 is 6.04 Å². The zero-order chi connectivity index (χ0) is 20.7. The van der Waals surface area contributed by atoms with E-state index in [1.165, 1.54) is 11.8 Å². The van der Waals surface area contributed by atoms with Gasteiger partial charge in [-0.1, -0.05) is 60.9 Å². The highest BCUT2D eigenvalue weighted by atomic mass is 35.5. The molecule has 2 heterocycles. The van der Waals surface area contributed by atoms with Crippen LogP contribution < -0.4 is 0 Å². The van der Waals surface area contributed by atoms with Crippen LogP contribution in [0.25, 0.3) is 0 Å². The van der Waals surface area contributed by atoms with E-state index in [9.17, 15) is 9.59 Å². The number of rotatable bonds is 4. The maximum absolute atomic E-state index is 13.0. The second-order valence-electron chi connectivity index (χ2n) is 7.07. The van der Waals surface area contributed by atoms with Crippen LogP contribution in [0.5, 0.6) is 0 Å². The number of carbonyl (C=O) groups excluding carboxylic acids is 2. The Morgan fingerprint density at radius 1 is 1.17 bits per heavy atom. The van der Waals surface area contributed by atoms with Crippen LogP contribution in [-0.4, -0.2) is 39.4 Å². The summed E-state index contributed by atoms with van der Waals surface area (Å²) in [7, 11) is 0. The number of fused-ring (bicyclic) bond motifs is 3. The second-order valence-corrected chi connectivity index (χ2v) is 8.82. The van der Waals surface area contributed by atoms with E-state index in [1.54, 1.807) is 23.1 Å². The summed E-state index contributed by atoms with van der Waals surface area (Å²) in [6.07, 6.45) is 0. The molecule has 8 heteroatoms. The van der Waals surface area contributed by atoms with Gasteiger partial charge in [0, 0.05) is 11.1 Å². The smallest absolute Gasteiger partial charge is 0.259 e. The normalized spacial score (nSPS) is 17.8. The fourth-order valence-corrected chi connectivity index (χ4v) is 4.38. The highest BCUT2D eigenvalue weighted by Gasteiger charge is 2.42. The summed E-state index contributed by atoms with van der Waals surface area (Å²) < 4.78 is 0. The van der Waals surface area contributed by atoms with E-state index in [-0.39, 0.29) is 23.4 Å². The fourth-order valence-electron chi connectivity index (χ4n) is 3.18. The van der Waals surface area contributed by atoms with Crippen molar-refractivity contribution < 1.29 is 9.59 Å². The zero-order valence-corrected chi connectivity index (χ0v) is 18.1. The van der Waals surface area contributed by atoms with Gasteiger partial charge in [0.2, 0.25) is 0 Å². The Morgan fingerprint density at radius 2 is 1.93 bits per heavy atom. The van der Waals surface area contributed by atoms with Crippen molar-refractivity contribution in [3.05, 3.63) is 63.6 Å². The molecule has 0 radical (unpaired) electrons. The first-order valence-electron chi connectivity index (χ1n) is 9.07. The van der Waals surface area contributed by atoms with Crippen LogP contribution in [0.2, 0.25) is 10.0 Å². The van der Waals surface area contributed by atoms with Crippen molar-refractivity contribution in [2.45, 2.75) is 19.9 Å². The Labute approximate surface area is 182 Å². The van der Waals surface area contributed by atoms with Gasteiger partial charge < -0.3 is 0 Å². The van der Waals surface area contributed by atoms with Gasteiger partial charge in [-0.05, 0) is 36.2 Å². The number of hydrogen-bond acceptors (Lipinski definition) is 5. The first kappa shape index (κ1) is 20.1. The van der Waals surface area contributed by atoms with Crippen LogP contribution in [0.1, 0.15) is 29.8 Å². The third-order valence-corrected chi connectivity index (χ3v) is 6.38. The van der Waals surface area contributed by atoms with Crippen molar-refractivity contribution in [2.24, 2.45) is 15.9 Å². The van der Waals surface area contributed by atoms with E-state index in [2.05, 4.69) is 9.98 Å². The largest absolute Gasteiger partial charge is 0.293 e. The second kappa shape index (κ2) is 7.94. The van der Waals surface area contributed by atoms with Gasteiger partial charge in [0.25, 0.3) is 5.91 Å². The maximum atomic E-state index is 13.0. The third kappa shape index (κ3) is 3.72. The number of carbonyl (C=O) groups is 2. The SMILES string of the molecule is CC(C)C1N=C2c3ccccc3N=C(SCC(=O)c3ccc(Cl)c(Cl)c3)N2C1=O. The number of aliphatic imine (C=N–C) groups is 2. The fraction of sp³-hybridized carbons (Fsp3) is 0.238. The van der Waals surface area contributed by atoms with E-state index in [0.29, 0.717) is 26.6 Å². The van der Waals surface area contributed by atoms with Crippen LogP contribution in [-0.2, 0) is 4.79 Å². The summed E-state index contributed by atoms with van der Waals surface area (Å²) in [4.78, 5) is 36.5. The molecule has 0 fully saturated rings. The number of para-hydroxylation sites is 1. The number of amidine groups is 2. The number of thioether (sulfide) groups is 1. The number of ketones is 1. The number of benzene rings is 2. The molecule has 2 aliphatic rings. The lowest BCUT2D eigenvalue weighted by atomic mass is 10.1. The molecule has 29 heavy (non-hydrogen) atoms. The minimum Gasteiger partial charge on any atom is -0.293 e.